The Morgan fingerprint density at radius 1 is 1.18 bits per heavy atom. The van der Waals surface area contributed by atoms with Crippen LogP contribution in [-0.4, -0.2) is 37.9 Å². The summed E-state index contributed by atoms with van der Waals surface area (Å²) in [4.78, 5) is 12.4. The predicted molar refractivity (Wildman–Crippen MR) is 114 cm³/mol. The number of nitrogens with zero attached hydrogens (tertiary/aromatic N) is 1. The molecule has 6 nitrogen and oxygen atoms in total. The minimum absolute atomic E-state index is 0.263. The lowest BCUT2D eigenvalue weighted by molar-refractivity contribution is 0.231. The number of nitrogens with one attached hydrogen (secondary N) is 2. The Hall–Kier alpha value is -1.90. The summed E-state index contributed by atoms with van der Waals surface area (Å²) >= 11 is 3.38. The number of urea groups is 1. The molecule has 0 radical (unpaired) electrons. The number of rotatable bonds is 5. The van der Waals surface area contributed by atoms with Crippen molar-refractivity contribution in [2.75, 3.05) is 18.4 Å². The number of piperidine rings is 1. The van der Waals surface area contributed by atoms with E-state index in [1.54, 1.807) is 30.3 Å². The van der Waals surface area contributed by atoms with Crippen LogP contribution in [0, 0.1) is 6.92 Å². The number of hydrogen-bond donors (Lipinski definition) is 2. The zero-order valence-corrected chi connectivity index (χ0v) is 18.1. The molecule has 0 bridgehead atoms. The van der Waals surface area contributed by atoms with Gasteiger partial charge >= 0.3 is 6.03 Å². The highest BCUT2D eigenvalue weighted by Crippen LogP contribution is 2.30. The summed E-state index contributed by atoms with van der Waals surface area (Å²) in [6.45, 7) is 2.64. The summed E-state index contributed by atoms with van der Waals surface area (Å²) in [5, 5.41) is 5.57. The van der Waals surface area contributed by atoms with Crippen LogP contribution in [0.4, 0.5) is 10.5 Å². The Kier molecular flexibility index (Phi) is 6.74. The highest BCUT2D eigenvalue weighted by atomic mass is 79.9. The van der Waals surface area contributed by atoms with E-state index in [0.717, 1.165) is 18.4 Å². The van der Waals surface area contributed by atoms with Crippen LogP contribution in [0.5, 0.6) is 0 Å². The van der Waals surface area contributed by atoms with Gasteiger partial charge in [0.15, 0.2) is 0 Å². The molecule has 0 aliphatic carbocycles. The standard InChI is InChI=1S/C20H24BrN3O3S/c1-15-10-11-19(18(21)13-15)28(26,27)24-12-6-5-9-17(24)14-22-20(25)23-16-7-3-2-4-8-16/h2-4,7-8,10-11,13,17H,5-6,9,12,14H2,1H3,(H2,22,23,25). The van der Waals surface area contributed by atoms with Crippen LogP contribution in [0.15, 0.2) is 57.9 Å². The summed E-state index contributed by atoms with van der Waals surface area (Å²) in [5.74, 6) is 0. The van der Waals surface area contributed by atoms with Gasteiger partial charge in [-0.05, 0) is 65.5 Å². The average molecular weight is 466 g/mol. The van der Waals surface area contributed by atoms with E-state index in [9.17, 15) is 13.2 Å². The normalized spacial score (nSPS) is 17.9. The van der Waals surface area contributed by atoms with E-state index in [1.807, 2.05) is 25.1 Å². The molecule has 2 amide bonds. The molecule has 1 heterocycles. The maximum absolute atomic E-state index is 13.2. The first-order valence-electron chi connectivity index (χ1n) is 9.26. The van der Waals surface area contributed by atoms with Gasteiger partial charge < -0.3 is 10.6 Å². The first-order chi connectivity index (χ1) is 13.4. The van der Waals surface area contributed by atoms with Crippen molar-refractivity contribution in [1.29, 1.82) is 0 Å². The lowest BCUT2D eigenvalue weighted by atomic mass is 10.1. The fourth-order valence-corrected chi connectivity index (χ4v) is 6.19. The van der Waals surface area contributed by atoms with Crippen LogP contribution in [0.2, 0.25) is 0 Å². The van der Waals surface area contributed by atoms with Crippen LogP contribution in [-0.2, 0) is 10.0 Å². The number of carbonyl (C=O) groups is 1. The van der Waals surface area contributed by atoms with Crippen molar-refractivity contribution in [3.63, 3.8) is 0 Å². The topological polar surface area (TPSA) is 78.5 Å². The highest BCUT2D eigenvalue weighted by molar-refractivity contribution is 9.10. The summed E-state index contributed by atoms with van der Waals surface area (Å²) < 4.78 is 28.6. The third-order valence-corrected chi connectivity index (χ3v) is 7.71. The van der Waals surface area contributed by atoms with Gasteiger partial charge in [-0.3, -0.25) is 0 Å². The predicted octanol–water partition coefficient (Wildman–Crippen LogP) is 4.12. The van der Waals surface area contributed by atoms with Gasteiger partial charge in [-0.25, -0.2) is 13.2 Å². The SMILES string of the molecule is Cc1ccc(S(=O)(=O)N2CCCCC2CNC(=O)Nc2ccccc2)c(Br)c1. The molecule has 1 aliphatic rings. The number of hydrogen-bond acceptors (Lipinski definition) is 3. The fourth-order valence-electron chi connectivity index (χ4n) is 3.34. The number of anilines is 1. The molecule has 0 spiro atoms. The lowest BCUT2D eigenvalue weighted by Gasteiger charge is -2.35. The minimum atomic E-state index is -3.65. The van der Waals surface area contributed by atoms with Gasteiger partial charge in [-0.15, -0.1) is 0 Å². The quantitative estimate of drug-likeness (QED) is 0.696. The number of aryl methyl sites for hydroxylation is 1. The first kappa shape index (κ1) is 20.8. The monoisotopic (exact) mass is 465 g/mol. The lowest BCUT2D eigenvalue weighted by Crippen LogP contribution is -2.49. The molecular weight excluding hydrogens is 442 g/mol. The fraction of sp³-hybridized carbons (Fsp3) is 0.350. The van der Waals surface area contributed by atoms with Crippen molar-refractivity contribution in [3.05, 3.63) is 58.6 Å². The van der Waals surface area contributed by atoms with Crippen LogP contribution >= 0.6 is 15.9 Å². The van der Waals surface area contributed by atoms with Gasteiger partial charge in [0.25, 0.3) is 0 Å². The smallest absolute Gasteiger partial charge is 0.319 e. The molecule has 3 rings (SSSR count). The van der Waals surface area contributed by atoms with Crippen molar-refractivity contribution in [1.82, 2.24) is 9.62 Å². The van der Waals surface area contributed by atoms with E-state index < -0.39 is 10.0 Å². The highest BCUT2D eigenvalue weighted by Gasteiger charge is 2.34. The molecule has 150 valence electrons. The Labute approximate surface area is 174 Å². The number of para-hydroxylation sites is 1. The van der Waals surface area contributed by atoms with E-state index in [4.69, 9.17) is 0 Å². The third-order valence-electron chi connectivity index (χ3n) is 4.78. The molecule has 1 aliphatic heterocycles. The maximum Gasteiger partial charge on any atom is 0.319 e. The second-order valence-corrected chi connectivity index (χ2v) is 9.61. The summed E-state index contributed by atoms with van der Waals surface area (Å²) in [6, 6.07) is 13.8. The molecule has 0 aromatic heterocycles. The summed E-state index contributed by atoms with van der Waals surface area (Å²) in [5.41, 5.74) is 1.68. The number of sulfonamides is 1. The van der Waals surface area contributed by atoms with Gasteiger partial charge in [-0.2, -0.15) is 4.31 Å². The van der Waals surface area contributed by atoms with Gasteiger partial charge in [0.2, 0.25) is 10.0 Å². The van der Waals surface area contributed by atoms with Crippen LogP contribution in [0.25, 0.3) is 0 Å². The van der Waals surface area contributed by atoms with Gasteiger partial charge in [0, 0.05) is 29.3 Å². The van der Waals surface area contributed by atoms with Gasteiger partial charge in [-0.1, -0.05) is 30.7 Å². The Bertz CT molecular complexity index is 935. The zero-order valence-electron chi connectivity index (χ0n) is 15.7. The molecule has 2 aromatic rings. The number of amides is 2. The maximum atomic E-state index is 13.2. The van der Waals surface area contributed by atoms with Gasteiger partial charge in [0.1, 0.15) is 0 Å². The molecule has 28 heavy (non-hydrogen) atoms. The molecule has 1 unspecified atom stereocenters. The van der Waals surface area contributed by atoms with Crippen LogP contribution < -0.4 is 10.6 Å². The molecular formula is C20H24BrN3O3S. The van der Waals surface area contributed by atoms with E-state index in [2.05, 4.69) is 26.6 Å². The van der Waals surface area contributed by atoms with E-state index in [1.165, 1.54) is 4.31 Å². The van der Waals surface area contributed by atoms with Crippen molar-refractivity contribution in [2.24, 2.45) is 0 Å². The molecule has 2 aromatic carbocycles. The van der Waals surface area contributed by atoms with Crippen LogP contribution in [0.3, 0.4) is 0 Å². The molecule has 1 saturated heterocycles. The Morgan fingerprint density at radius 3 is 2.64 bits per heavy atom. The largest absolute Gasteiger partial charge is 0.336 e. The number of benzene rings is 2. The molecule has 2 N–H and O–H groups in total. The molecule has 0 saturated carbocycles. The Balaban J connectivity index is 1.70. The number of halogens is 1. The summed E-state index contributed by atoms with van der Waals surface area (Å²) in [7, 11) is -3.65. The van der Waals surface area contributed by atoms with Crippen LogP contribution in [0.1, 0.15) is 24.8 Å². The van der Waals surface area contributed by atoms with Crippen molar-refractivity contribution < 1.29 is 13.2 Å². The molecule has 1 atom stereocenters. The first-order valence-corrected chi connectivity index (χ1v) is 11.5. The van der Waals surface area contributed by atoms with E-state index in [0.29, 0.717) is 23.1 Å². The van der Waals surface area contributed by atoms with Crippen molar-refractivity contribution in [3.8, 4) is 0 Å². The average Bonchev–Trinajstić information content (AvgIpc) is 2.67. The van der Waals surface area contributed by atoms with Gasteiger partial charge in [0.05, 0.1) is 4.90 Å². The third kappa shape index (κ3) is 4.92. The van der Waals surface area contributed by atoms with E-state index in [-0.39, 0.29) is 23.5 Å². The molecule has 8 heteroatoms. The zero-order chi connectivity index (χ0) is 20.1. The second-order valence-electron chi connectivity index (χ2n) is 6.90. The number of carbonyl (C=O) groups excluding carboxylic acids is 1. The summed E-state index contributed by atoms with van der Waals surface area (Å²) in [6.07, 6.45) is 2.47. The Morgan fingerprint density at radius 2 is 1.93 bits per heavy atom. The van der Waals surface area contributed by atoms with Crippen molar-refractivity contribution in [2.45, 2.75) is 37.1 Å². The van der Waals surface area contributed by atoms with E-state index >= 15 is 0 Å². The minimum Gasteiger partial charge on any atom is -0.336 e. The second kappa shape index (κ2) is 9.07. The van der Waals surface area contributed by atoms with Crippen molar-refractivity contribution >= 4 is 37.7 Å². The molecule has 1 fully saturated rings.